The van der Waals surface area contributed by atoms with E-state index in [0.29, 0.717) is 23.0 Å². The Morgan fingerprint density at radius 2 is 2.26 bits per heavy atom. The van der Waals surface area contributed by atoms with E-state index >= 15 is 0 Å². The molecular formula is C16H20Cl2N4O. The fourth-order valence-electron chi connectivity index (χ4n) is 2.56. The van der Waals surface area contributed by atoms with E-state index in [4.69, 9.17) is 11.6 Å². The van der Waals surface area contributed by atoms with Crippen molar-refractivity contribution in [1.29, 1.82) is 0 Å². The van der Waals surface area contributed by atoms with Crippen molar-refractivity contribution in [2.75, 3.05) is 19.6 Å². The van der Waals surface area contributed by atoms with Gasteiger partial charge in [0.1, 0.15) is 0 Å². The minimum absolute atomic E-state index is 0. The summed E-state index contributed by atoms with van der Waals surface area (Å²) in [4.78, 5) is 12.4. The number of carbonyl (C=O) groups excluding carboxylic acids is 1. The van der Waals surface area contributed by atoms with E-state index in [-0.39, 0.29) is 18.3 Å². The molecule has 0 bridgehead atoms. The molecule has 1 fully saturated rings. The average Bonchev–Trinajstić information content (AvgIpc) is 2.89. The van der Waals surface area contributed by atoms with E-state index in [1.807, 2.05) is 31.2 Å². The number of carbonyl (C=O) groups is 1. The molecule has 1 amide bonds. The van der Waals surface area contributed by atoms with Crippen LogP contribution in [0.5, 0.6) is 0 Å². The average molecular weight is 355 g/mol. The lowest BCUT2D eigenvalue weighted by atomic mass is 10.0. The van der Waals surface area contributed by atoms with E-state index in [2.05, 4.69) is 15.7 Å². The Kier molecular flexibility index (Phi) is 6.04. The van der Waals surface area contributed by atoms with Gasteiger partial charge in [-0.25, -0.2) is 4.68 Å². The van der Waals surface area contributed by atoms with Gasteiger partial charge < -0.3 is 10.6 Å². The van der Waals surface area contributed by atoms with Gasteiger partial charge in [0.15, 0.2) is 0 Å². The van der Waals surface area contributed by atoms with Crippen molar-refractivity contribution in [3.05, 3.63) is 46.7 Å². The summed E-state index contributed by atoms with van der Waals surface area (Å²) in [6, 6.07) is 7.47. The van der Waals surface area contributed by atoms with Gasteiger partial charge in [-0.1, -0.05) is 24.6 Å². The van der Waals surface area contributed by atoms with E-state index in [9.17, 15) is 4.79 Å². The molecule has 3 rings (SSSR count). The lowest BCUT2D eigenvalue weighted by Crippen LogP contribution is -2.48. The topological polar surface area (TPSA) is 59.0 Å². The highest BCUT2D eigenvalue weighted by atomic mass is 35.5. The number of nitrogens with zero attached hydrogens (tertiary/aromatic N) is 2. The molecule has 124 valence electrons. The normalized spacial score (nSPS) is 14.0. The van der Waals surface area contributed by atoms with Crippen molar-refractivity contribution in [3.8, 4) is 5.69 Å². The Morgan fingerprint density at radius 1 is 1.48 bits per heavy atom. The van der Waals surface area contributed by atoms with Crippen molar-refractivity contribution in [2.24, 2.45) is 5.92 Å². The van der Waals surface area contributed by atoms with Gasteiger partial charge >= 0.3 is 0 Å². The van der Waals surface area contributed by atoms with E-state index < -0.39 is 0 Å². The predicted octanol–water partition coefficient (Wildman–Crippen LogP) is 2.46. The van der Waals surface area contributed by atoms with Crippen molar-refractivity contribution in [2.45, 2.75) is 13.3 Å². The summed E-state index contributed by atoms with van der Waals surface area (Å²) in [6.45, 7) is 4.67. The van der Waals surface area contributed by atoms with Crippen LogP contribution in [0.25, 0.3) is 5.69 Å². The van der Waals surface area contributed by atoms with Gasteiger partial charge in [0.25, 0.3) is 5.91 Å². The number of aromatic nitrogens is 2. The molecule has 5 nitrogen and oxygen atoms in total. The number of rotatable bonds is 5. The zero-order chi connectivity index (χ0) is 15.5. The van der Waals surface area contributed by atoms with Crippen LogP contribution >= 0.6 is 24.0 Å². The fourth-order valence-corrected chi connectivity index (χ4v) is 2.74. The maximum Gasteiger partial charge on any atom is 0.254 e. The van der Waals surface area contributed by atoms with Gasteiger partial charge in [-0.15, -0.1) is 12.4 Å². The first kappa shape index (κ1) is 17.8. The van der Waals surface area contributed by atoms with Crippen molar-refractivity contribution < 1.29 is 4.79 Å². The molecule has 0 aliphatic carbocycles. The number of hydrogen-bond donors (Lipinski definition) is 2. The molecule has 2 heterocycles. The monoisotopic (exact) mass is 354 g/mol. The zero-order valence-corrected chi connectivity index (χ0v) is 14.5. The third kappa shape index (κ3) is 3.86. The summed E-state index contributed by atoms with van der Waals surface area (Å²) in [5.41, 5.74) is 2.40. The standard InChI is InChI=1S/C16H19ClN4O.ClH/c1-2-15-14(16(22)19-9-11-7-18-8-11)10-20-21(15)13-5-3-4-12(17)6-13;/h3-6,10-11,18H,2,7-9H2,1H3,(H,19,22);1H. The molecule has 1 aliphatic rings. The largest absolute Gasteiger partial charge is 0.352 e. The highest BCUT2D eigenvalue weighted by Crippen LogP contribution is 2.19. The first-order valence-corrected chi connectivity index (χ1v) is 7.88. The molecule has 0 unspecified atom stereocenters. The summed E-state index contributed by atoms with van der Waals surface area (Å²) < 4.78 is 1.78. The first-order chi connectivity index (χ1) is 10.7. The molecule has 1 aromatic carbocycles. The molecule has 7 heteroatoms. The van der Waals surface area contributed by atoms with E-state index in [1.54, 1.807) is 10.9 Å². The highest BCUT2D eigenvalue weighted by Gasteiger charge is 2.20. The van der Waals surface area contributed by atoms with Gasteiger partial charge in [0.2, 0.25) is 0 Å². The van der Waals surface area contributed by atoms with Crippen LogP contribution in [0.1, 0.15) is 23.0 Å². The molecule has 0 saturated carbocycles. The summed E-state index contributed by atoms with van der Waals surface area (Å²) in [6.07, 6.45) is 2.36. The first-order valence-electron chi connectivity index (χ1n) is 7.50. The lowest BCUT2D eigenvalue weighted by molar-refractivity contribution is 0.0941. The Balaban J connectivity index is 0.00000192. The summed E-state index contributed by atoms with van der Waals surface area (Å²) in [5.74, 6) is 0.481. The summed E-state index contributed by atoms with van der Waals surface area (Å²) >= 11 is 6.04. The number of hydrogen-bond acceptors (Lipinski definition) is 3. The summed E-state index contributed by atoms with van der Waals surface area (Å²) in [7, 11) is 0. The van der Waals surface area contributed by atoms with Crippen LogP contribution in [0.3, 0.4) is 0 Å². The van der Waals surface area contributed by atoms with Gasteiger partial charge in [-0.3, -0.25) is 4.79 Å². The molecule has 0 spiro atoms. The smallest absolute Gasteiger partial charge is 0.254 e. The highest BCUT2D eigenvalue weighted by molar-refractivity contribution is 6.30. The second-order valence-electron chi connectivity index (χ2n) is 5.48. The number of benzene rings is 1. The van der Waals surface area contributed by atoms with E-state index in [0.717, 1.165) is 30.9 Å². The van der Waals surface area contributed by atoms with Crippen LogP contribution in [-0.4, -0.2) is 35.3 Å². The lowest BCUT2D eigenvalue weighted by Gasteiger charge is -2.27. The predicted molar refractivity (Wildman–Crippen MR) is 93.9 cm³/mol. The van der Waals surface area contributed by atoms with Crippen molar-refractivity contribution in [3.63, 3.8) is 0 Å². The maximum atomic E-state index is 12.4. The van der Waals surface area contributed by atoms with Gasteiger partial charge in [-0.05, 0) is 24.6 Å². The van der Waals surface area contributed by atoms with Crippen LogP contribution < -0.4 is 10.6 Å². The SMILES string of the molecule is CCc1c(C(=O)NCC2CNC2)cnn1-c1cccc(Cl)c1.Cl. The van der Waals surface area contributed by atoms with Crippen LogP contribution in [0.4, 0.5) is 0 Å². The van der Waals surface area contributed by atoms with Gasteiger partial charge in [0, 0.05) is 30.6 Å². The Labute approximate surface area is 146 Å². The number of nitrogens with one attached hydrogen (secondary N) is 2. The number of halogens is 2. The molecule has 1 aromatic heterocycles. The quantitative estimate of drug-likeness (QED) is 0.866. The minimum Gasteiger partial charge on any atom is -0.352 e. The second kappa shape index (κ2) is 7.81. The minimum atomic E-state index is -0.0583. The molecular weight excluding hydrogens is 335 g/mol. The van der Waals surface area contributed by atoms with Gasteiger partial charge in [0.05, 0.1) is 23.1 Å². The Morgan fingerprint density at radius 3 is 2.87 bits per heavy atom. The zero-order valence-electron chi connectivity index (χ0n) is 12.9. The van der Waals surface area contributed by atoms with Crippen LogP contribution in [0.15, 0.2) is 30.5 Å². The molecule has 2 aromatic rings. The van der Waals surface area contributed by atoms with Gasteiger partial charge in [-0.2, -0.15) is 5.10 Å². The molecule has 2 N–H and O–H groups in total. The Bertz CT molecular complexity index is 682. The Hall–Kier alpha value is -1.56. The molecule has 1 saturated heterocycles. The second-order valence-corrected chi connectivity index (χ2v) is 5.92. The molecule has 23 heavy (non-hydrogen) atoms. The fraction of sp³-hybridized carbons (Fsp3) is 0.375. The summed E-state index contributed by atoms with van der Waals surface area (Å²) in [5, 5.41) is 11.2. The van der Waals surface area contributed by atoms with Crippen molar-refractivity contribution in [1.82, 2.24) is 20.4 Å². The number of amides is 1. The van der Waals surface area contributed by atoms with Crippen LogP contribution in [0, 0.1) is 5.92 Å². The maximum absolute atomic E-state index is 12.4. The van der Waals surface area contributed by atoms with E-state index in [1.165, 1.54) is 0 Å². The third-order valence-corrected chi connectivity index (χ3v) is 4.15. The third-order valence-electron chi connectivity index (χ3n) is 3.92. The molecule has 0 radical (unpaired) electrons. The molecule has 0 atom stereocenters. The van der Waals surface area contributed by atoms with Crippen LogP contribution in [-0.2, 0) is 6.42 Å². The molecule has 1 aliphatic heterocycles. The van der Waals surface area contributed by atoms with Crippen molar-refractivity contribution >= 4 is 29.9 Å². The van der Waals surface area contributed by atoms with Crippen LogP contribution in [0.2, 0.25) is 5.02 Å².